The average molecular weight is 426 g/mol. The molecule has 0 aliphatic heterocycles. The maximum atomic E-state index is 13.6. The third-order valence-electron chi connectivity index (χ3n) is 4.50. The highest BCUT2D eigenvalue weighted by molar-refractivity contribution is 5.79. The molecule has 0 amide bonds. The number of H-pyrrole nitrogens is 1. The summed E-state index contributed by atoms with van der Waals surface area (Å²) in [6.45, 7) is 0. The van der Waals surface area contributed by atoms with Crippen molar-refractivity contribution in [1.29, 1.82) is 0 Å². The second kappa shape index (κ2) is 7.15. The van der Waals surface area contributed by atoms with Gasteiger partial charge in [0.1, 0.15) is 5.92 Å². The molecule has 4 rings (SSSR count). The Bertz CT molecular complexity index is 1180. The number of imidazole rings is 1. The molecule has 2 aromatic carbocycles. The van der Waals surface area contributed by atoms with Crippen LogP contribution in [0.4, 0.5) is 26.3 Å². The van der Waals surface area contributed by atoms with Gasteiger partial charge in [-0.25, -0.2) is 4.98 Å². The van der Waals surface area contributed by atoms with Gasteiger partial charge in [-0.3, -0.25) is 0 Å². The molecule has 4 aromatic rings. The van der Waals surface area contributed by atoms with Crippen molar-refractivity contribution in [3.8, 4) is 11.5 Å². The average Bonchev–Trinajstić information content (AvgIpc) is 3.33. The zero-order chi connectivity index (χ0) is 21.5. The van der Waals surface area contributed by atoms with Crippen LogP contribution in [0.25, 0.3) is 22.5 Å². The van der Waals surface area contributed by atoms with Crippen LogP contribution in [0, 0.1) is 0 Å². The fraction of sp³-hybridized carbons (Fsp3) is 0.211. The number of rotatable bonds is 4. The first-order valence-electron chi connectivity index (χ1n) is 8.61. The SMILES string of the molecule is FC(F)(F)c1cccc(CC(c2nnc(-c3ccc4[nH]cnc4c3)o2)C(F)(F)F)c1. The van der Waals surface area contributed by atoms with Crippen molar-refractivity contribution < 1.29 is 30.8 Å². The number of alkyl halides is 6. The van der Waals surface area contributed by atoms with E-state index in [-0.39, 0.29) is 11.5 Å². The first-order chi connectivity index (χ1) is 14.1. The fourth-order valence-corrected chi connectivity index (χ4v) is 3.01. The minimum atomic E-state index is -4.80. The Morgan fingerprint density at radius 2 is 1.77 bits per heavy atom. The number of fused-ring (bicyclic) bond motifs is 1. The highest BCUT2D eigenvalue weighted by Crippen LogP contribution is 2.39. The summed E-state index contributed by atoms with van der Waals surface area (Å²) < 4.78 is 84.8. The Labute approximate surface area is 164 Å². The monoisotopic (exact) mass is 426 g/mol. The van der Waals surface area contributed by atoms with Gasteiger partial charge in [-0.2, -0.15) is 26.3 Å². The molecule has 5 nitrogen and oxygen atoms in total. The zero-order valence-corrected chi connectivity index (χ0v) is 14.9. The summed E-state index contributed by atoms with van der Waals surface area (Å²) in [6.07, 6.45) is -8.77. The molecular formula is C19H12F6N4O. The smallest absolute Gasteiger partial charge is 0.416 e. The highest BCUT2D eigenvalue weighted by atomic mass is 19.4. The van der Waals surface area contributed by atoms with Crippen LogP contribution in [0.1, 0.15) is 22.9 Å². The summed E-state index contributed by atoms with van der Waals surface area (Å²) >= 11 is 0. The van der Waals surface area contributed by atoms with Gasteiger partial charge in [0, 0.05) is 5.56 Å². The van der Waals surface area contributed by atoms with Gasteiger partial charge < -0.3 is 9.40 Å². The molecule has 2 aromatic heterocycles. The molecule has 0 spiro atoms. The maximum absolute atomic E-state index is 13.6. The lowest BCUT2D eigenvalue weighted by atomic mass is 9.97. The maximum Gasteiger partial charge on any atom is 0.416 e. The van der Waals surface area contributed by atoms with Gasteiger partial charge in [-0.05, 0) is 36.2 Å². The van der Waals surface area contributed by atoms with E-state index >= 15 is 0 Å². The van der Waals surface area contributed by atoms with Crippen molar-refractivity contribution in [2.24, 2.45) is 0 Å². The molecule has 30 heavy (non-hydrogen) atoms. The second-order valence-corrected chi connectivity index (χ2v) is 6.58. The number of hydrogen-bond acceptors (Lipinski definition) is 4. The molecule has 156 valence electrons. The van der Waals surface area contributed by atoms with Crippen LogP contribution in [0.3, 0.4) is 0 Å². The minimum absolute atomic E-state index is 0.145. The molecule has 0 aliphatic rings. The standard InChI is InChI=1S/C19H12F6N4O/c20-18(21,22)12-3-1-2-10(6-12)7-13(19(23,24)25)17-29-28-16(30-17)11-4-5-14-15(8-11)27-9-26-14/h1-6,8-9,13H,7H2,(H,26,27). The third kappa shape index (κ3) is 4.00. The molecular weight excluding hydrogens is 414 g/mol. The van der Waals surface area contributed by atoms with E-state index in [1.807, 2.05) is 0 Å². The Balaban J connectivity index is 1.65. The van der Waals surface area contributed by atoms with E-state index < -0.39 is 36.1 Å². The quantitative estimate of drug-likeness (QED) is 0.437. The molecule has 0 fully saturated rings. The predicted molar refractivity (Wildman–Crippen MR) is 93.3 cm³/mol. The van der Waals surface area contributed by atoms with Crippen molar-refractivity contribution in [2.75, 3.05) is 0 Å². The van der Waals surface area contributed by atoms with Gasteiger partial charge in [0.2, 0.25) is 11.8 Å². The lowest BCUT2D eigenvalue weighted by Crippen LogP contribution is -2.23. The molecule has 1 atom stereocenters. The highest BCUT2D eigenvalue weighted by Gasteiger charge is 2.44. The van der Waals surface area contributed by atoms with Crippen LogP contribution in [0.15, 0.2) is 53.2 Å². The molecule has 0 bridgehead atoms. The lowest BCUT2D eigenvalue weighted by Gasteiger charge is -2.17. The molecule has 0 saturated heterocycles. The van der Waals surface area contributed by atoms with Crippen molar-refractivity contribution in [1.82, 2.24) is 20.2 Å². The number of nitrogens with zero attached hydrogens (tertiary/aromatic N) is 3. The molecule has 0 saturated carbocycles. The van der Waals surface area contributed by atoms with E-state index in [0.29, 0.717) is 17.1 Å². The van der Waals surface area contributed by atoms with Gasteiger partial charge in [-0.15, -0.1) is 10.2 Å². The van der Waals surface area contributed by atoms with Crippen LogP contribution < -0.4 is 0 Å². The molecule has 11 heteroatoms. The number of nitrogens with one attached hydrogen (secondary N) is 1. The zero-order valence-electron chi connectivity index (χ0n) is 14.9. The normalized spacial score (nSPS) is 13.7. The number of aromatic nitrogens is 4. The Morgan fingerprint density at radius 1 is 0.967 bits per heavy atom. The van der Waals surface area contributed by atoms with Crippen LogP contribution in [0.5, 0.6) is 0 Å². The first-order valence-corrected chi connectivity index (χ1v) is 8.61. The first kappa shape index (κ1) is 19.9. The Kier molecular flexibility index (Phi) is 4.75. The minimum Gasteiger partial charge on any atom is -0.420 e. The number of benzene rings is 2. The summed E-state index contributed by atoms with van der Waals surface area (Å²) in [7, 11) is 0. The van der Waals surface area contributed by atoms with Crippen molar-refractivity contribution >= 4 is 11.0 Å². The molecule has 0 radical (unpaired) electrons. The van der Waals surface area contributed by atoms with E-state index in [4.69, 9.17) is 4.42 Å². The fourth-order valence-electron chi connectivity index (χ4n) is 3.01. The van der Waals surface area contributed by atoms with E-state index in [1.165, 1.54) is 12.4 Å². The van der Waals surface area contributed by atoms with Crippen LogP contribution in [-0.2, 0) is 12.6 Å². The summed E-state index contributed by atoms with van der Waals surface area (Å²) in [5.74, 6) is -3.12. The van der Waals surface area contributed by atoms with E-state index in [0.717, 1.165) is 17.6 Å². The lowest BCUT2D eigenvalue weighted by molar-refractivity contribution is -0.154. The van der Waals surface area contributed by atoms with Crippen molar-refractivity contribution in [2.45, 2.75) is 24.7 Å². The summed E-state index contributed by atoms with van der Waals surface area (Å²) in [5, 5.41) is 7.18. The van der Waals surface area contributed by atoms with Crippen molar-refractivity contribution in [3.05, 3.63) is 65.8 Å². The number of halogens is 6. The molecule has 1 unspecified atom stereocenters. The van der Waals surface area contributed by atoms with Gasteiger partial charge in [0.25, 0.3) is 0 Å². The second-order valence-electron chi connectivity index (χ2n) is 6.58. The summed E-state index contributed by atoms with van der Waals surface area (Å²) in [5.41, 5.74) is 0.470. The van der Waals surface area contributed by atoms with Gasteiger partial charge in [-0.1, -0.05) is 18.2 Å². The van der Waals surface area contributed by atoms with Crippen LogP contribution >= 0.6 is 0 Å². The summed E-state index contributed by atoms with van der Waals surface area (Å²) in [6, 6.07) is 8.53. The van der Waals surface area contributed by atoms with E-state index in [9.17, 15) is 26.3 Å². The molecule has 1 N–H and O–H groups in total. The largest absolute Gasteiger partial charge is 0.420 e. The van der Waals surface area contributed by atoms with Gasteiger partial charge in [0.15, 0.2) is 0 Å². The number of hydrogen-bond donors (Lipinski definition) is 1. The summed E-state index contributed by atoms with van der Waals surface area (Å²) in [4.78, 5) is 6.93. The van der Waals surface area contributed by atoms with E-state index in [1.54, 1.807) is 18.2 Å². The van der Waals surface area contributed by atoms with E-state index in [2.05, 4.69) is 20.2 Å². The Morgan fingerprint density at radius 3 is 2.50 bits per heavy atom. The number of aromatic amines is 1. The van der Waals surface area contributed by atoms with Crippen LogP contribution in [0.2, 0.25) is 0 Å². The Hall–Kier alpha value is -3.37. The van der Waals surface area contributed by atoms with Crippen LogP contribution in [-0.4, -0.2) is 26.3 Å². The predicted octanol–water partition coefficient (Wildman–Crippen LogP) is 5.52. The third-order valence-corrected chi connectivity index (χ3v) is 4.50. The molecule has 0 aliphatic carbocycles. The van der Waals surface area contributed by atoms with Gasteiger partial charge in [0.05, 0.1) is 22.9 Å². The molecule has 2 heterocycles. The topological polar surface area (TPSA) is 67.6 Å². The van der Waals surface area contributed by atoms with Gasteiger partial charge >= 0.3 is 12.4 Å². The van der Waals surface area contributed by atoms with Crippen molar-refractivity contribution in [3.63, 3.8) is 0 Å².